The lowest BCUT2D eigenvalue weighted by atomic mass is 10.1. The number of rotatable bonds is 6. The van der Waals surface area contributed by atoms with Crippen molar-refractivity contribution in [2.75, 3.05) is 6.54 Å². The molecular formula is C14H25N3. The van der Waals surface area contributed by atoms with Crippen molar-refractivity contribution >= 4 is 0 Å². The van der Waals surface area contributed by atoms with Crippen molar-refractivity contribution in [3.8, 4) is 0 Å². The smallest absolute Gasteiger partial charge is 0.112 e. The van der Waals surface area contributed by atoms with E-state index in [0.29, 0.717) is 0 Å². The number of allylic oxidation sites excluding steroid dienone is 1. The largest absolute Gasteiger partial charge is 0.335 e. The van der Waals surface area contributed by atoms with Crippen LogP contribution in [0.5, 0.6) is 0 Å². The van der Waals surface area contributed by atoms with E-state index in [2.05, 4.69) is 54.7 Å². The predicted octanol–water partition coefficient (Wildman–Crippen LogP) is 2.78. The summed E-state index contributed by atoms with van der Waals surface area (Å²) in [5.41, 5.74) is 0.215. The van der Waals surface area contributed by atoms with E-state index in [0.717, 1.165) is 31.8 Å². The summed E-state index contributed by atoms with van der Waals surface area (Å²) in [7, 11) is 0. The van der Waals surface area contributed by atoms with Gasteiger partial charge in [0.1, 0.15) is 5.82 Å². The summed E-state index contributed by atoms with van der Waals surface area (Å²) >= 11 is 0. The molecule has 3 heteroatoms. The summed E-state index contributed by atoms with van der Waals surface area (Å²) in [6.45, 7) is 10.7. The minimum Gasteiger partial charge on any atom is -0.335 e. The van der Waals surface area contributed by atoms with Crippen LogP contribution in [0.3, 0.4) is 0 Å². The zero-order chi connectivity index (χ0) is 12.7. The zero-order valence-corrected chi connectivity index (χ0v) is 11.5. The molecule has 0 saturated heterocycles. The maximum atomic E-state index is 4.34. The molecule has 0 aromatic carbocycles. The van der Waals surface area contributed by atoms with Crippen LogP contribution >= 0.6 is 0 Å². The van der Waals surface area contributed by atoms with Crippen LogP contribution in [0.15, 0.2) is 24.5 Å². The highest BCUT2D eigenvalue weighted by atomic mass is 15.0. The second kappa shape index (κ2) is 6.60. The number of nitrogens with zero attached hydrogens (tertiary/aromatic N) is 2. The molecule has 0 atom stereocenters. The normalized spacial score (nSPS) is 12.5. The highest BCUT2D eigenvalue weighted by Crippen LogP contribution is 2.01. The Morgan fingerprint density at radius 2 is 2.12 bits per heavy atom. The fraction of sp³-hybridized carbons (Fsp3) is 0.643. The van der Waals surface area contributed by atoms with Crippen molar-refractivity contribution in [3.63, 3.8) is 0 Å². The van der Waals surface area contributed by atoms with E-state index in [9.17, 15) is 0 Å². The maximum Gasteiger partial charge on any atom is 0.112 e. The number of hydrogen-bond donors (Lipinski definition) is 1. The third-order valence-electron chi connectivity index (χ3n) is 2.58. The first kappa shape index (κ1) is 14.0. The Hall–Kier alpha value is -1.09. The molecule has 0 aliphatic heterocycles. The van der Waals surface area contributed by atoms with E-state index in [4.69, 9.17) is 0 Å². The third-order valence-corrected chi connectivity index (χ3v) is 2.58. The van der Waals surface area contributed by atoms with Crippen molar-refractivity contribution in [1.82, 2.24) is 14.9 Å². The topological polar surface area (TPSA) is 29.9 Å². The quantitative estimate of drug-likeness (QED) is 0.607. The lowest BCUT2D eigenvalue weighted by molar-refractivity contribution is 0.431. The van der Waals surface area contributed by atoms with Crippen LogP contribution in [-0.2, 0) is 13.0 Å². The molecule has 1 aromatic rings. The van der Waals surface area contributed by atoms with Crippen molar-refractivity contribution in [1.29, 1.82) is 0 Å². The molecule has 96 valence electrons. The summed E-state index contributed by atoms with van der Waals surface area (Å²) in [5, 5.41) is 3.47. The lowest BCUT2D eigenvalue weighted by Crippen LogP contribution is -2.36. The molecule has 0 unspecified atom stereocenters. The van der Waals surface area contributed by atoms with Crippen LogP contribution in [-0.4, -0.2) is 21.6 Å². The van der Waals surface area contributed by atoms with Crippen LogP contribution in [0.1, 0.15) is 39.9 Å². The number of imidazole rings is 1. The van der Waals surface area contributed by atoms with Crippen molar-refractivity contribution in [3.05, 3.63) is 30.4 Å². The molecule has 0 saturated carbocycles. The van der Waals surface area contributed by atoms with Gasteiger partial charge in [-0.3, -0.25) is 0 Å². The van der Waals surface area contributed by atoms with Gasteiger partial charge >= 0.3 is 0 Å². The van der Waals surface area contributed by atoms with Gasteiger partial charge in [-0.05, 0) is 40.7 Å². The van der Waals surface area contributed by atoms with Crippen LogP contribution < -0.4 is 5.32 Å². The molecule has 0 spiro atoms. The summed E-state index contributed by atoms with van der Waals surface area (Å²) in [6, 6.07) is 0. The first-order chi connectivity index (χ1) is 8.03. The zero-order valence-electron chi connectivity index (χ0n) is 11.5. The van der Waals surface area contributed by atoms with E-state index in [-0.39, 0.29) is 5.54 Å². The molecule has 1 aromatic heterocycles. The van der Waals surface area contributed by atoms with Gasteiger partial charge in [-0.1, -0.05) is 12.2 Å². The van der Waals surface area contributed by atoms with Gasteiger partial charge in [-0.2, -0.15) is 0 Å². The Kier molecular flexibility index (Phi) is 5.42. The average Bonchev–Trinajstić information content (AvgIpc) is 2.69. The molecule has 0 aliphatic rings. The average molecular weight is 235 g/mol. The van der Waals surface area contributed by atoms with Crippen molar-refractivity contribution in [2.45, 2.75) is 52.6 Å². The molecule has 1 rings (SSSR count). The molecule has 0 fully saturated rings. The SMILES string of the molecule is CCn1ccnc1CC=CCCNC(C)(C)C. The van der Waals surface area contributed by atoms with E-state index >= 15 is 0 Å². The van der Waals surface area contributed by atoms with Crippen LogP contribution in [0.4, 0.5) is 0 Å². The van der Waals surface area contributed by atoms with Crippen molar-refractivity contribution in [2.24, 2.45) is 0 Å². The van der Waals surface area contributed by atoms with Gasteiger partial charge in [-0.15, -0.1) is 0 Å². The predicted molar refractivity (Wildman–Crippen MR) is 73.1 cm³/mol. The Morgan fingerprint density at radius 3 is 2.76 bits per heavy atom. The van der Waals surface area contributed by atoms with E-state index in [1.165, 1.54) is 0 Å². The monoisotopic (exact) mass is 235 g/mol. The number of hydrogen-bond acceptors (Lipinski definition) is 2. The molecular weight excluding hydrogens is 210 g/mol. The minimum absolute atomic E-state index is 0.215. The molecule has 17 heavy (non-hydrogen) atoms. The number of nitrogens with one attached hydrogen (secondary N) is 1. The molecule has 0 aliphatic carbocycles. The van der Waals surface area contributed by atoms with Gasteiger partial charge in [0, 0.05) is 30.9 Å². The highest BCUT2D eigenvalue weighted by Gasteiger charge is 2.06. The standard InChI is InChI=1S/C14H25N3/c1-5-17-12-11-15-13(17)9-7-6-8-10-16-14(2,3)4/h6-7,11-12,16H,5,8-10H2,1-4H3. The molecule has 1 N–H and O–H groups in total. The molecule has 0 bridgehead atoms. The van der Waals surface area contributed by atoms with Crippen LogP contribution in [0.2, 0.25) is 0 Å². The second-order valence-corrected chi connectivity index (χ2v) is 5.27. The summed E-state index contributed by atoms with van der Waals surface area (Å²) in [5.74, 6) is 1.15. The third kappa shape index (κ3) is 5.68. The minimum atomic E-state index is 0.215. The van der Waals surface area contributed by atoms with Gasteiger partial charge in [0.15, 0.2) is 0 Å². The molecule has 0 amide bonds. The summed E-state index contributed by atoms with van der Waals surface area (Å²) in [4.78, 5) is 4.34. The van der Waals surface area contributed by atoms with Crippen LogP contribution in [0.25, 0.3) is 0 Å². The first-order valence-electron chi connectivity index (χ1n) is 6.43. The Labute approximate surface area is 105 Å². The van der Waals surface area contributed by atoms with Gasteiger partial charge in [0.05, 0.1) is 0 Å². The van der Waals surface area contributed by atoms with E-state index in [1.54, 1.807) is 0 Å². The number of aromatic nitrogens is 2. The Bertz CT molecular complexity index is 345. The molecule has 0 radical (unpaired) electrons. The molecule has 1 heterocycles. The van der Waals surface area contributed by atoms with E-state index in [1.807, 2.05) is 12.4 Å². The van der Waals surface area contributed by atoms with E-state index < -0.39 is 0 Å². The van der Waals surface area contributed by atoms with Gasteiger partial charge < -0.3 is 9.88 Å². The second-order valence-electron chi connectivity index (χ2n) is 5.27. The van der Waals surface area contributed by atoms with Gasteiger partial charge in [-0.25, -0.2) is 4.98 Å². The number of aryl methyl sites for hydroxylation is 1. The Morgan fingerprint density at radius 1 is 1.35 bits per heavy atom. The maximum absolute atomic E-state index is 4.34. The Balaban J connectivity index is 2.22. The van der Waals surface area contributed by atoms with Crippen molar-refractivity contribution < 1.29 is 0 Å². The fourth-order valence-corrected chi connectivity index (χ4v) is 1.66. The van der Waals surface area contributed by atoms with Gasteiger partial charge in [0.25, 0.3) is 0 Å². The lowest BCUT2D eigenvalue weighted by Gasteiger charge is -2.19. The van der Waals surface area contributed by atoms with Crippen LogP contribution in [0, 0.1) is 0 Å². The summed E-state index contributed by atoms with van der Waals surface area (Å²) < 4.78 is 2.18. The fourth-order valence-electron chi connectivity index (χ4n) is 1.66. The first-order valence-corrected chi connectivity index (χ1v) is 6.43. The molecule has 3 nitrogen and oxygen atoms in total. The van der Waals surface area contributed by atoms with Gasteiger partial charge in [0.2, 0.25) is 0 Å². The highest BCUT2D eigenvalue weighted by molar-refractivity contribution is 4.99. The summed E-state index contributed by atoms with van der Waals surface area (Å²) in [6.07, 6.45) is 10.3.